The predicted octanol–water partition coefficient (Wildman–Crippen LogP) is 2.68. The van der Waals surface area contributed by atoms with Crippen molar-refractivity contribution in [3.05, 3.63) is 48.3 Å². The molecule has 0 spiro atoms. The number of nitrogens with zero attached hydrogens (tertiary/aromatic N) is 3. The molecule has 3 aromatic rings. The monoisotopic (exact) mass is 391 g/mol. The van der Waals surface area contributed by atoms with Crippen molar-refractivity contribution in [1.82, 2.24) is 20.8 Å². The van der Waals surface area contributed by atoms with E-state index in [9.17, 15) is 0 Å². The second kappa shape index (κ2) is 7.94. The van der Waals surface area contributed by atoms with Crippen LogP contribution in [0.5, 0.6) is 5.75 Å². The van der Waals surface area contributed by atoms with Crippen LogP contribution >= 0.6 is 0 Å². The summed E-state index contributed by atoms with van der Waals surface area (Å²) in [6.07, 6.45) is 2.87. The summed E-state index contributed by atoms with van der Waals surface area (Å²) in [6, 6.07) is 12.5. The van der Waals surface area contributed by atoms with Crippen molar-refractivity contribution < 1.29 is 9.47 Å². The molecule has 2 fully saturated rings. The van der Waals surface area contributed by atoms with Crippen LogP contribution in [0.1, 0.15) is 18.2 Å². The van der Waals surface area contributed by atoms with Crippen molar-refractivity contribution in [2.24, 2.45) is 0 Å². The van der Waals surface area contributed by atoms with Gasteiger partial charge in [0.15, 0.2) is 0 Å². The number of morpholine rings is 1. The highest BCUT2D eigenvalue weighted by molar-refractivity contribution is 5.98. The number of aromatic nitrogens is 2. The van der Waals surface area contributed by atoms with E-state index >= 15 is 0 Å². The van der Waals surface area contributed by atoms with Crippen molar-refractivity contribution in [1.29, 1.82) is 0 Å². The van der Waals surface area contributed by atoms with Crippen LogP contribution in [0.3, 0.4) is 0 Å². The molecule has 2 N–H and O–H groups in total. The summed E-state index contributed by atoms with van der Waals surface area (Å²) in [7, 11) is 1.71. The Bertz CT molecular complexity index is 1010. The summed E-state index contributed by atoms with van der Waals surface area (Å²) in [4.78, 5) is 12.1. The number of hydrogen-bond acceptors (Lipinski definition) is 7. The quantitative estimate of drug-likeness (QED) is 0.708. The number of hydrogen-bond donors (Lipinski definition) is 2. The topological polar surface area (TPSA) is 71.5 Å². The van der Waals surface area contributed by atoms with Crippen LogP contribution in [-0.4, -0.2) is 49.9 Å². The zero-order valence-corrected chi connectivity index (χ0v) is 16.5. The van der Waals surface area contributed by atoms with Crippen molar-refractivity contribution >= 4 is 16.7 Å². The van der Waals surface area contributed by atoms with E-state index in [0.717, 1.165) is 78.6 Å². The van der Waals surface area contributed by atoms with Crippen LogP contribution in [0.4, 0.5) is 5.82 Å². The van der Waals surface area contributed by atoms with Gasteiger partial charge in [0.25, 0.3) is 0 Å². The molecule has 0 aliphatic carbocycles. The average Bonchev–Trinajstić information content (AvgIpc) is 3.33. The standard InChI is InChI=1S/C22H25N5O2/c1-28-19-5-3-2-4-15(19)17-14-20(27-10-12-29-13-11-27)25-21-16(17)6-8-23-22(21)18-7-9-24-26-18/h2-6,8,14,18,24,26H,7,9-13H2,1H3. The summed E-state index contributed by atoms with van der Waals surface area (Å²) in [5.74, 6) is 1.81. The summed E-state index contributed by atoms with van der Waals surface area (Å²) in [5, 5.41) is 1.09. The second-order valence-electron chi connectivity index (χ2n) is 7.33. The molecular formula is C22H25N5O2. The van der Waals surface area contributed by atoms with Crippen LogP contribution < -0.4 is 20.5 Å². The Kier molecular flexibility index (Phi) is 5.01. The first kappa shape index (κ1) is 18.3. The number of benzene rings is 1. The maximum absolute atomic E-state index is 5.67. The van der Waals surface area contributed by atoms with E-state index in [-0.39, 0.29) is 6.04 Å². The minimum atomic E-state index is 0.150. The molecule has 7 heteroatoms. The van der Waals surface area contributed by atoms with Crippen molar-refractivity contribution in [3.63, 3.8) is 0 Å². The van der Waals surface area contributed by atoms with E-state index in [1.807, 2.05) is 24.4 Å². The molecule has 1 atom stereocenters. The lowest BCUT2D eigenvalue weighted by atomic mass is 9.98. The highest BCUT2D eigenvalue weighted by Gasteiger charge is 2.24. The molecule has 29 heavy (non-hydrogen) atoms. The lowest BCUT2D eigenvalue weighted by molar-refractivity contribution is 0.122. The number of rotatable bonds is 4. The fourth-order valence-electron chi connectivity index (χ4n) is 4.15. The Morgan fingerprint density at radius 2 is 2.00 bits per heavy atom. The van der Waals surface area contributed by atoms with Gasteiger partial charge in [-0.15, -0.1) is 0 Å². The molecule has 2 aliphatic heterocycles. The smallest absolute Gasteiger partial charge is 0.130 e. The Morgan fingerprint density at radius 1 is 1.14 bits per heavy atom. The van der Waals surface area contributed by atoms with Gasteiger partial charge in [-0.3, -0.25) is 10.4 Å². The number of hydrazine groups is 1. The van der Waals surface area contributed by atoms with Crippen LogP contribution in [0.25, 0.3) is 22.0 Å². The van der Waals surface area contributed by atoms with Gasteiger partial charge in [0.2, 0.25) is 0 Å². The van der Waals surface area contributed by atoms with Crippen molar-refractivity contribution in [2.45, 2.75) is 12.5 Å². The van der Waals surface area contributed by atoms with Gasteiger partial charge in [0.1, 0.15) is 11.6 Å². The third-order valence-electron chi connectivity index (χ3n) is 5.64. The molecule has 0 amide bonds. The molecule has 1 unspecified atom stereocenters. The van der Waals surface area contributed by atoms with Crippen LogP contribution in [-0.2, 0) is 4.74 Å². The molecule has 4 heterocycles. The molecule has 7 nitrogen and oxygen atoms in total. The Balaban J connectivity index is 1.74. The first-order valence-corrected chi connectivity index (χ1v) is 10.1. The molecule has 2 saturated heterocycles. The number of methoxy groups -OCH3 is 1. The molecule has 2 aromatic heterocycles. The number of ether oxygens (including phenoxy) is 2. The minimum Gasteiger partial charge on any atom is -0.496 e. The molecule has 0 bridgehead atoms. The van der Waals surface area contributed by atoms with Gasteiger partial charge in [-0.05, 0) is 30.2 Å². The minimum absolute atomic E-state index is 0.150. The number of nitrogens with one attached hydrogen (secondary N) is 2. The predicted molar refractivity (Wildman–Crippen MR) is 113 cm³/mol. The van der Waals surface area contributed by atoms with E-state index in [2.05, 4.69) is 34.0 Å². The summed E-state index contributed by atoms with van der Waals surface area (Å²) in [5.41, 5.74) is 10.7. The lowest BCUT2D eigenvalue weighted by Gasteiger charge is -2.29. The first-order valence-electron chi connectivity index (χ1n) is 10.1. The average molecular weight is 391 g/mol. The molecular weight excluding hydrogens is 366 g/mol. The normalized spacial score (nSPS) is 19.6. The molecule has 1 aromatic carbocycles. The maximum Gasteiger partial charge on any atom is 0.130 e. The Labute approximate surface area is 170 Å². The number of fused-ring (bicyclic) bond motifs is 1. The highest BCUT2D eigenvalue weighted by Crippen LogP contribution is 2.38. The second-order valence-corrected chi connectivity index (χ2v) is 7.33. The van der Waals surface area contributed by atoms with Crippen LogP contribution in [0.15, 0.2) is 42.6 Å². The van der Waals surface area contributed by atoms with E-state index < -0.39 is 0 Å². The summed E-state index contributed by atoms with van der Waals surface area (Å²) < 4.78 is 11.2. The van der Waals surface area contributed by atoms with Gasteiger partial charge in [-0.25, -0.2) is 10.4 Å². The van der Waals surface area contributed by atoms with Gasteiger partial charge in [-0.1, -0.05) is 18.2 Å². The summed E-state index contributed by atoms with van der Waals surface area (Å²) >= 11 is 0. The largest absolute Gasteiger partial charge is 0.496 e. The van der Waals surface area contributed by atoms with Gasteiger partial charge >= 0.3 is 0 Å². The van der Waals surface area contributed by atoms with E-state index in [1.54, 1.807) is 7.11 Å². The van der Waals surface area contributed by atoms with E-state index in [0.29, 0.717) is 0 Å². The first-order chi connectivity index (χ1) is 14.3. The zero-order chi connectivity index (χ0) is 19.6. The molecule has 5 rings (SSSR count). The number of pyridine rings is 2. The van der Waals surface area contributed by atoms with Crippen molar-refractivity contribution in [2.75, 3.05) is 44.9 Å². The van der Waals surface area contributed by atoms with Crippen molar-refractivity contribution in [3.8, 4) is 16.9 Å². The fourth-order valence-corrected chi connectivity index (χ4v) is 4.15. The molecule has 0 saturated carbocycles. The molecule has 2 aliphatic rings. The lowest BCUT2D eigenvalue weighted by Crippen LogP contribution is -2.36. The van der Waals surface area contributed by atoms with Gasteiger partial charge in [0.05, 0.1) is 37.6 Å². The number of para-hydroxylation sites is 1. The van der Waals surface area contributed by atoms with Crippen LogP contribution in [0, 0.1) is 0 Å². The fraction of sp³-hybridized carbons (Fsp3) is 0.364. The maximum atomic E-state index is 5.67. The van der Waals surface area contributed by atoms with E-state index in [1.165, 1.54) is 0 Å². The molecule has 150 valence electrons. The van der Waals surface area contributed by atoms with Gasteiger partial charge in [0, 0.05) is 36.8 Å². The number of anilines is 1. The summed E-state index contributed by atoms with van der Waals surface area (Å²) in [6.45, 7) is 4.03. The zero-order valence-electron chi connectivity index (χ0n) is 16.5. The Morgan fingerprint density at radius 3 is 2.79 bits per heavy atom. The Hall–Kier alpha value is -2.74. The van der Waals surface area contributed by atoms with Crippen LogP contribution in [0.2, 0.25) is 0 Å². The SMILES string of the molecule is COc1ccccc1-c1cc(N2CCOCC2)nc2c(C3CCNN3)nccc12. The molecule has 0 radical (unpaired) electrons. The van der Waals surface area contributed by atoms with E-state index in [4.69, 9.17) is 19.4 Å². The van der Waals surface area contributed by atoms with Gasteiger partial charge < -0.3 is 14.4 Å². The third-order valence-corrected chi connectivity index (χ3v) is 5.64. The third kappa shape index (κ3) is 3.42. The van der Waals surface area contributed by atoms with Gasteiger partial charge in [-0.2, -0.15) is 0 Å². The highest BCUT2D eigenvalue weighted by atomic mass is 16.5.